The average molecular weight is 449 g/mol. The van der Waals surface area contributed by atoms with Gasteiger partial charge in [-0.1, -0.05) is 13.8 Å². The quantitative estimate of drug-likeness (QED) is 0.422. The Morgan fingerprint density at radius 1 is 0.735 bits per heavy atom. The Labute approximate surface area is 200 Å². The van der Waals surface area contributed by atoms with Gasteiger partial charge in [0.25, 0.3) is 0 Å². The molecule has 172 valence electrons. The highest BCUT2D eigenvalue weighted by molar-refractivity contribution is 5.98. The normalized spacial score (nSPS) is 15.1. The van der Waals surface area contributed by atoms with E-state index in [0.29, 0.717) is 0 Å². The van der Waals surface area contributed by atoms with Crippen molar-refractivity contribution in [2.75, 3.05) is 0 Å². The standard InChI is InChI=1S/C30H32N4/c1-7-20-16(4)25-12-19-11-15(3)24(31-19)13-26-17(5)21(8-2)29(33-26)23-10-9-22-18(6)27(34-30(22)23)14-28(20)32-25/h11-14,31-32H,7-10H2,1-6H3. The first-order chi connectivity index (χ1) is 16.4. The van der Waals surface area contributed by atoms with Crippen LogP contribution in [-0.2, 0) is 12.8 Å². The van der Waals surface area contributed by atoms with Crippen LogP contribution < -0.4 is 0 Å². The van der Waals surface area contributed by atoms with Crippen molar-refractivity contribution in [1.29, 1.82) is 0 Å². The molecule has 5 heterocycles. The number of hydrogen-bond donors (Lipinski definition) is 2. The third-order valence-corrected chi connectivity index (χ3v) is 8.00. The molecule has 1 aliphatic carbocycles. The lowest BCUT2D eigenvalue weighted by atomic mass is 10.0. The number of allylic oxidation sites excluding steroid dienone is 4. The average Bonchev–Trinajstić information content (AvgIpc) is 3.57. The van der Waals surface area contributed by atoms with Crippen molar-refractivity contribution in [3.8, 4) is 0 Å². The zero-order chi connectivity index (χ0) is 23.7. The molecule has 0 spiro atoms. The molecule has 6 rings (SSSR count). The molecule has 0 amide bonds. The van der Waals surface area contributed by atoms with Gasteiger partial charge >= 0.3 is 0 Å². The predicted molar refractivity (Wildman–Crippen MR) is 143 cm³/mol. The molecule has 2 aliphatic heterocycles. The van der Waals surface area contributed by atoms with Gasteiger partial charge in [-0.2, -0.15) is 0 Å². The molecule has 3 aromatic rings. The van der Waals surface area contributed by atoms with Gasteiger partial charge in [0.05, 0.1) is 22.8 Å². The number of aromatic amines is 2. The van der Waals surface area contributed by atoms with Crippen molar-refractivity contribution in [3.63, 3.8) is 0 Å². The van der Waals surface area contributed by atoms with Crippen molar-refractivity contribution in [2.24, 2.45) is 0 Å². The first-order valence-corrected chi connectivity index (χ1v) is 12.5. The second kappa shape index (κ2) is 7.56. The van der Waals surface area contributed by atoms with Crippen LogP contribution in [0.15, 0.2) is 24.3 Å². The molecule has 3 aliphatic rings. The van der Waals surface area contributed by atoms with Crippen LogP contribution in [0.25, 0.3) is 44.4 Å². The van der Waals surface area contributed by atoms with Gasteiger partial charge in [-0.25, -0.2) is 9.97 Å². The van der Waals surface area contributed by atoms with Crippen molar-refractivity contribution >= 4 is 44.4 Å². The summed E-state index contributed by atoms with van der Waals surface area (Å²) in [5.74, 6) is 0. The first-order valence-electron chi connectivity index (χ1n) is 12.5. The fourth-order valence-electron chi connectivity index (χ4n) is 5.99. The van der Waals surface area contributed by atoms with E-state index < -0.39 is 0 Å². The molecule has 0 radical (unpaired) electrons. The van der Waals surface area contributed by atoms with Crippen LogP contribution in [0.4, 0.5) is 0 Å². The predicted octanol–water partition coefficient (Wildman–Crippen LogP) is 7.71. The van der Waals surface area contributed by atoms with E-state index in [2.05, 4.69) is 75.8 Å². The lowest BCUT2D eigenvalue weighted by Crippen LogP contribution is -1.91. The minimum atomic E-state index is 0.979. The van der Waals surface area contributed by atoms with E-state index in [0.717, 1.165) is 59.3 Å². The monoisotopic (exact) mass is 448 g/mol. The summed E-state index contributed by atoms with van der Waals surface area (Å²) in [7, 11) is 0. The van der Waals surface area contributed by atoms with Gasteiger partial charge < -0.3 is 9.97 Å². The highest BCUT2D eigenvalue weighted by Gasteiger charge is 2.29. The fraction of sp³-hybridized carbons (Fsp3) is 0.333. The highest BCUT2D eigenvalue weighted by atomic mass is 14.8. The van der Waals surface area contributed by atoms with Crippen molar-refractivity contribution in [2.45, 2.75) is 67.2 Å². The van der Waals surface area contributed by atoms with Gasteiger partial charge in [-0.15, -0.1) is 0 Å². The number of aromatic nitrogens is 4. The third kappa shape index (κ3) is 2.97. The number of H-pyrrole nitrogens is 2. The minimum Gasteiger partial charge on any atom is -0.355 e. The second-order valence-corrected chi connectivity index (χ2v) is 9.89. The van der Waals surface area contributed by atoms with E-state index in [1.165, 1.54) is 55.8 Å². The molecule has 0 saturated carbocycles. The van der Waals surface area contributed by atoms with Crippen LogP contribution in [0.3, 0.4) is 0 Å². The topological polar surface area (TPSA) is 57.4 Å². The van der Waals surface area contributed by atoms with Gasteiger partial charge in [-0.3, -0.25) is 0 Å². The maximum absolute atomic E-state index is 5.21. The van der Waals surface area contributed by atoms with Gasteiger partial charge in [0, 0.05) is 27.6 Å². The molecule has 4 nitrogen and oxygen atoms in total. The number of rotatable bonds is 2. The summed E-state index contributed by atoms with van der Waals surface area (Å²) in [4.78, 5) is 17.8. The van der Waals surface area contributed by atoms with Gasteiger partial charge in [-0.05, 0) is 117 Å². The first kappa shape index (κ1) is 21.2. The number of aryl methyl sites for hydroxylation is 3. The highest BCUT2D eigenvalue weighted by Crippen LogP contribution is 2.44. The summed E-state index contributed by atoms with van der Waals surface area (Å²) in [6.07, 6.45) is 4.04. The number of nitrogens with one attached hydrogen (secondary N) is 2. The Morgan fingerprint density at radius 3 is 2.24 bits per heavy atom. The van der Waals surface area contributed by atoms with E-state index in [1.54, 1.807) is 0 Å². The van der Waals surface area contributed by atoms with E-state index in [4.69, 9.17) is 9.97 Å². The second-order valence-electron chi connectivity index (χ2n) is 9.89. The molecule has 0 atom stereocenters. The number of hydrogen-bond acceptors (Lipinski definition) is 2. The van der Waals surface area contributed by atoms with Crippen LogP contribution in [0.5, 0.6) is 0 Å². The summed E-state index contributed by atoms with van der Waals surface area (Å²) in [6, 6.07) is 8.94. The Balaban J connectivity index is 1.81. The molecule has 2 N–H and O–H groups in total. The van der Waals surface area contributed by atoms with E-state index >= 15 is 0 Å². The Bertz CT molecular complexity index is 1600. The Hall–Kier alpha value is -3.40. The minimum absolute atomic E-state index is 0.979. The molecule has 34 heavy (non-hydrogen) atoms. The molecule has 4 heteroatoms. The maximum Gasteiger partial charge on any atom is 0.0726 e. The molecule has 0 saturated heterocycles. The van der Waals surface area contributed by atoms with E-state index in [9.17, 15) is 0 Å². The summed E-state index contributed by atoms with van der Waals surface area (Å²) >= 11 is 0. The lowest BCUT2D eigenvalue weighted by molar-refractivity contribution is 1.04. The SMILES string of the molecule is CCC1=C(C)c2cc3[nH]c(cc3C)cc3[nH]c(cc4nc5c(c1n2)CCC5=C4C)c(CC)c3C. The largest absolute Gasteiger partial charge is 0.355 e. The molecule has 0 unspecified atom stereocenters. The zero-order valence-corrected chi connectivity index (χ0v) is 21.0. The third-order valence-electron chi connectivity index (χ3n) is 8.00. The summed E-state index contributed by atoms with van der Waals surface area (Å²) in [5, 5.41) is 0. The Kier molecular flexibility index (Phi) is 4.70. The summed E-state index contributed by atoms with van der Waals surface area (Å²) in [5.41, 5.74) is 19.6. The lowest BCUT2D eigenvalue weighted by Gasteiger charge is -2.03. The van der Waals surface area contributed by atoms with Gasteiger partial charge in [0.1, 0.15) is 0 Å². The summed E-state index contributed by atoms with van der Waals surface area (Å²) in [6.45, 7) is 13.3. The molecule has 8 bridgehead atoms. The van der Waals surface area contributed by atoms with Crippen molar-refractivity contribution < 1.29 is 0 Å². The van der Waals surface area contributed by atoms with Crippen molar-refractivity contribution in [3.05, 3.63) is 69.3 Å². The van der Waals surface area contributed by atoms with Crippen LogP contribution in [0, 0.1) is 13.8 Å². The van der Waals surface area contributed by atoms with Crippen LogP contribution in [0.2, 0.25) is 0 Å². The van der Waals surface area contributed by atoms with Crippen LogP contribution in [0.1, 0.15) is 85.6 Å². The van der Waals surface area contributed by atoms with Gasteiger partial charge in [0.2, 0.25) is 0 Å². The van der Waals surface area contributed by atoms with E-state index in [-0.39, 0.29) is 0 Å². The summed E-state index contributed by atoms with van der Waals surface area (Å²) < 4.78 is 0. The van der Waals surface area contributed by atoms with Gasteiger partial charge in [0.15, 0.2) is 0 Å². The van der Waals surface area contributed by atoms with Crippen molar-refractivity contribution in [1.82, 2.24) is 19.9 Å². The number of fused-ring (bicyclic) bond motifs is 8. The zero-order valence-electron chi connectivity index (χ0n) is 21.0. The molecule has 3 aromatic heterocycles. The molecule has 0 fully saturated rings. The maximum atomic E-state index is 5.21. The van der Waals surface area contributed by atoms with Crippen LogP contribution in [-0.4, -0.2) is 19.9 Å². The smallest absolute Gasteiger partial charge is 0.0726 e. The van der Waals surface area contributed by atoms with E-state index in [1.807, 2.05) is 0 Å². The molecule has 0 aromatic carbocycles. The Morgan fingerprint density at radius 2 is 1.47 bits per heavy atom. The number of nitrogens with zero attached hydrogens (tertiary/aromatic N) is 2. The van der Waals surface area contributed by atoms with Crippen LogP contribution >= 0.6 is 0 Å². The molecular weight excluding hydrogens is 416 g/mol. The fourth-order valence-corrected chi connectivity index (χ4v) is 5.99. The molecular formula is C30H32N4.